The van der Waals surface area contributed by atoms with Crippen molar-refractivity contribution in [1.29, 1.82) is 0 Å². The highest BCUT2D eigenvalue weighted by atomic mass is 16.5. The minimum Gasteiger partial charge on any atom is -0.494 e. The Morgan fingerprint density at radius 2 is 1.77 bits per heavy atom. The third-order valence-corrected chi connectivity index (χ3v) is 4.53. The molecule has 0 fully saturated rings. The highest BCUT2D eigenvalue weighted by Gasteiger charge is 2.16. The predicted molar refractivity (Wildman–Crippen MR) is 108 cm³/mol. The Morgan fingerprint density at radius 3 is 2.54 bits per heavy atom. The number of nitrogens with two attached hydrogens (primary N) is 1. The van der Waals surface area contributed by atoms with Gasteiger partial charge in [-0.2, -0.15) is 0 Å². The summed E-state index contributed by atoms with van der Waals surface area (Å²) >= 11 is 0. The first-order chi connectivity index (χ1) is 12.8. The Morgan fingerprint density at radius 1 is 0.962 bits per heavy atom. The summed E-state index contributed by atoms with van der Waals surface area (Å²) in [6, 6.07) is 14.5. The number of unbranched alkanes of at least 4 members (excludes halogenated alkanes) is 1. The van der Waals surface area contributed by atoms with E-state index in [1.165, 1.54) is 10.9 Å². The van der Waals surface area contributed by atoms with E-state index in [0.717, 1.165) is 54.1 Å². The first-order valence-corrected chi connectivity index (χ1v) is 9.48. The van der Waals surface area contributed by atoms with Crippen LogP contribution in [-0.4, -0.2) is 24.7 Å². The number of H-pyrrole nitrogens is 1. The number of rotatable bonds is 9. The van der Waals surface area contributed by atoms with Crippen molar-refractivity contribution in [3.05, 3.63) is 48.0 Å². The van der Waals surface area contributed by atoms with Gasteiger partial charge in [0, 0.05) is 16.5 Å². The zero-order valence-corrected chi connectivity index (χ0v) is 15.7. The van der Waals surface area contributed by atoms with Crippen LogP contribution in [0, 0.1) is 0 Å². The second kappa shape index (κ2) is 8.77. The number of nitrogens with one attached hydrogen (secondary N) is 1. The molecule has 3 N–H and O–H groups in total. The topological polar surface area (TPSA) is 60.3 Å². The molecule has 0 saturated carbocycles. The molecule has 0 saturated heterocycles. The molecule has 0 aliphatic rings. The molecular weight excluding hydrogens is 324 g/mol. The minimum atomic E-state index is 0.647. The molecule has 3 rings (SSSR count). The van der Waals surface area contributed by atoms with E-state index < -0.39 is 0 Å². The van der Waals surface area contributed by atoms with Crippen LogP contribution in [0.5, 0.6) is 11.5 Å². The number of aryl methyl sites for hydroxylation is 1. The summed E-state index contributed by atoms with van der Waals surface area (Å²) in [6.07, 6.45) is 3.05. The molecule has 0 atom stereocenters. The summed E-state index contributed by atoms with van der Waals surface area (Å²) in [5, 5.41) is 1.22. The maximum absolute atomic E-state index is 5.87. The standard InChI is InChI=1S/C22H28N2O2/c1-3-25-16-12-13-20-19(15-16)17(9-7-8-14-23)22(24-20)18-10-5-6-11-21(18)26-4-2/h5-6,10-13,15,24H,3-4,7-9,14,23H2,1-2H3. The van der Waals surface area contributed by atoms with Crippen LogP contribution in [0.4, 0.5) is 0 Å². The van der Waals surface area contributed by atoms with Crippen LogP contribution < -0.4 is 15.2 Å². The van der Waals surface area contributed by atoms with Gasteiger partial charge in [0.2, 0.25) is 0 Å². The van der Waals surface area contributed by atoms with Gasteiger partial charge < -0.3 is 20.2 Å². The number of aromatic amines is 1. The Kier molecular flexibility index (Phi) is 6.18. The lowest BCUT2D eigenvalue weighted by molar-refractivity contribution is 0.340. The fourth-order valence-electron chi connectivity index (χ4n) is 3.37. The Bertz CT molecular complexity index is 854. The first kappa shape index (κ1) is 18.3. The van der Waals surface area contributed by atoms with Gasteiger partial charge in [-0.1, -0.05) is 12.1 Å². The lowest BCUT2D eigenvalue weighted by Crippen LogP contribution is -2.00. The molecule has 2 aromatic carbocycles. The fraction of sp³-hybridized carbons (Fsp3) is 0.364. The van der Waals surface area contributed by atoms with Crippen molar-refractivity contribution in [3.8, 4) is 22.8 Å². The smallest absolute Gasteiger partial charge is 0.128 e. The van der Waals surface area contributed by atoms with E-state index in [0.29, 0.717) is 13.2 Å². The van der Waals surface area contributed by atoms with Crippen LogP contribution in [0.1, 0.15) is 32.3 Å². The molecular formula is C22H28N2O2. The maximum Gasteiger partial charge on any atom is 0.128 e. The molecule has 0 amide bonds. The number of benzene rings is 2. The summed E-state index contributed by atoms with van der Waals surface area (Å²) in [5.41, 5.74) is 10.4. The maximum atomic E-state index is 5.87. The van der Waals surface area contributed by atoms with Gasteiger partial charge in [-0.25, -0.2) is 0 Å². The molecule has 3 aromatic rings. The number of fused-ring (bicyclic) bond motifs is 1. The molecule has 1 heterocycles. The zero-order valence-electron chi connectivity index (χ0n) is 15.7. The molecule has 0 spiro atoms. The molecule has 0 unspecified atom stereocenters. The van der Waals surface area contributed by atoms with Crippen molar-refractivity contribution in [2.75, 3.05) is 19.8 Å². The van der Waals surface area contributed by atoms with Crippen molar-refractivity contribution in [3.63, 3.8) is 0 Å². The van der Waals surface area contributed by atoms with E-state index in [1.807, 2.05) is 32.0 Å². The van der Waals surface area contributed by atoms with E-state index in [1.54, 1.807) is 0 Å². The molecule has 138 valence electrons. The van der Waals surface area contributed by atoms with E-state index in [4.69, 9.17) is 15.2 Å². The fourth-order valence-corrected chi connectivity index (χ4v) is 3.37. The van der Waals surface area contributed by atoms with Crippen molar-refractivity contribution >= 4 is 10.9 Å². The average Bonchev–Trinajstić information content (AvgIpc) is 3.01. The molecule has 4 nitrogen and oxygen atoms in total. The summed E-state index contributed by atoms with van der Waals surface area (Å²) in [4.78, 5) is 3.61. The summed E-state index contributed by atoms with van der Waals surface area (Å²) < 4.78 is 11.6. The van der Waals surface area contributed by atoms with Crippen molar-refractivity contribution in [2.45, 2.75) is 33.1 Å². The zero-order chi connectivity index (χ0) is 18.4. The summed E-state index contributed by atoms with van der Waals surface area (Å²) in [7, 11) is 0. The van der Waals surface area contributed by atoms with Crippen molar-refractivity contribution in [2.24, 2.45) is 5.73 Å². The molecule has 26 heavy (non-hydrogen) atoms. The molecule has 0 bridgehead atoms. The van der Waals surface area contributed by atoms with E-state index in [-0.39, 0.29) is 0 Å². The number of para-hydroxylation sites is 1. The van der Waals surface area contributed by atoms with Crippen LogP contribution in [0.2, 0.25) is 0 Å². The van der Waals surface area contributed by atoms with E-state index in [2.05, 4.69) is 29.2 Å². The molecule has 4 heteroatoms. The Hall–Kier alpha value is -2.46. The van der Waals surface area contributed by atoms with Gasteiger partial charge in [-0.3, -0.25) is 0 Å². The SMILES string of the molecule is CCOc1ccc2[nH]c(-c3ccccc3OCC)c(CCCCN)c2c1. The lowest BCUT2D eigenvalue weighted by Gasteiger charge is -2.11. The van der Waals surface area contributed by atoms with Crippen LogP contribution in [-0.2, 0) is 6.42 Å². The molecule has 1 aromatic heterocycles. The summed E-state index contributed by atoms with van der Waals surface area (Å²) in [6.45, 7) is 6.05. The number of ether oxygens (including phenoxy) is 2. The predicted octanol–water partition coefficient (Wildman–Crippen LogP) is 4.91. The van der Waals surface area contributed by atoms with Crippen molar-refractivity contribution < 1.29 is 9.47 Å². The third-order valence-electron chi connectivity index (χ3n) is 4.53. The number of aromatic nitrogens is 1. The number of hydrogen-bond donors (Lipinski definition) is 2. The minimum absolute atomic E-state index is 0.647. The Labute approximate surface area is 155 Å². The van der Waals surface area contributed by atoms with Gasteiger partial charge in [0.15, 0.2) is 0 Å². The van der Waals surface area contributed by atoms with Crippen LogP contribution >= 0.6 is 0 Å². The quantitative estimate of drug-likeness (QED) is 0.538. The van der Waals surface area contributed by atoms with Gasteiger partial charge >= 0.3 is 0 Å². The van der Waals surface area contributed by atoms with Crippen LogP contribution in [0.25, 0.3) is 22.2 Å². The van der Waals surface area contributed by atoms with Gasteiger partial charge in [-0.15, -0.1) is 0 Å². The van der Waals surface area contributed by atoms with Crippen LogP contribution in [0.15, 0.2) is 42.5 Å². The molecule has 0 aliphatic carbocycles. The largest absolute Gasteiger partial charge is 0.494 e. The van der Waals surface area contributed by atoms with Crippen molar-refractivity contribution in [1.82, 2.24) is 4.98 Å². The van der Waals surface area contributed by atoms with E-state index >= 15 is 0 Å². The van der Waals surface area contributed by atoms with Gasteiger partial charge in [0.25, 0.3) is 0 Å². The molecule has 0 aliphatic heterocycles. The normalized spacial score (nSPS) is 11.0. The van der Waals surface area contributed by atoms with E-state index in [9.17, 15) is 0 Å². The highest BCUT2D eigenvalue weighted by molar-refractivity contribution is 5.92. The number of hydrogen-bond acceptors (Lipinski definition) is 3. The molecule has 0 radical (unpaired) electrons. The third kappa shape index (κ3) is 3.86. The second-order valence-corrected chi connectivity index (χ2v) is 6.29. The second-order valence-electron chi connectivity index (χ2n) is 6.29. The lowest BCUT2D eigenvalue weighted by atomic mass is 9.99. The highest BCUT2D eigenvalue weighted by Crippen LogP contribution is 2.37. The summed E-state index contributed by atoms with van der Waals surface area (Å²) in [5.74, 6) is 1.82. The average molecular weight is 352 g/mol. The first-order valence-electron chi connectivity index (χ1n) is 9.48. The Balaban J connectivity index is 2.12. The van der Waals surface area contributed by atoms with Crippen LogP contribution in [0.3, 0.4) is 0 Å². The van der Waals surface area contributed by atoms with Gasteiger partial charge in [0.05, 0.1) is 18.9 Å². The monoisotopic (exact) mass is 352 g/mol. The van der Waals surface area contributed by atoms with Gasteiger partial charge in [-0.05, 0) is 75.5 Å². The van der Waals surface area contributed by atoms with Gasteiger partial charge in [0.1, 0.15) is 11.5 Å².